The average Bonchev–Trinajstić information content (AvgIpc) is 2.14. The fraction of sp³-hybridized carbons (Fsp3) is 0.889. The standard InChI is InChI=1S/C9H20N2O2/c1-3-8(7-10)9(12)11-5-4-6-13-2/h8H,3-7,10H2,1-2H3,(H,11,12). The van der Waals surface area contributed by atoms with Crippen LogP contribution in [0.5, 0.6) is 0 Å². The zero-order valence-electron chi connectivity index (χ0n) is 8.51. The van der Waals surface area contributed by atoms with E-state index in [9.17, 15) is 4.79 Å². The van der Waals surface area contributed by atoms with E-state index in [-0.39, 0.29) is 11.8 Å². The highest BCUT2D eigenvalue weighted by Gasteiger charge is 2.12. The van der Waals surface area contributed by atoms with Crippen molar-refractivity contribution in [1.29, 1.82) is 0 Å². The first-order chi connectivity index (χ1) is 6.26. The topological polar surface area (TPSA) is 64.4 Å². The van der Waals surface area contributed by atoms with Crippen LogP contribution in [0.4, 0.5) is 0 Å². The molecule has 0 heterocycles. The molecule has 0 spiro atoms. The first-order valence-electron chi connectivity index (χ1n) is 4.73. The lowest BCUT2D eigenvalue weighted by Gasteiger charge is -2.12. The Kier molecular flexibility index (Phi) is 7.63. The van der Waals surface area contributed by atoms with Crippen molar-refractivity contribution in [2.45, 2.75) is 19.8 Å². The second-order valence-corrected chi connectivity index (χ2v) is 2.98. The third-order valence-electron chi connectivity index (χ3n) is 1.97. The molecule has 0 aromatic rings. The summed E-state index contributed by atoms with van der Waals surface area (Å²) in [6.45, 7) is 3.74. The molecule has 0 saturated heterocycles. The Morgan fingerprint density at radius 3 is 2.77 bits per heavy atom. The number of rotatable bonds is 7. The van der Waals surface area contributed by atoms with Crippen molar-refractivity contribution in [3.05, 3.63) is 0 Å². The maximum Gasteiger partial charge on any atom is 0.224 e. The summed E-state index contributed by atoms with van der Waals surface area (Å²) >= 11 is 0. The molecular formula is C9H20N2O2. The lowest BCUT2D eigenvalue weighted by molar-refractivity contribution is -0.124. The fourth-order valence-electron chi connectivity index (χ4n) is 1.03. The summed E-state index contributed by atoms with van der Waals surface area (Å²) in [5.74, 6) is 0.0173. The van der Waals surface area contributed by atoms with E-state index >= 15 is 0 Å². The second kappa shape index (κ2) is 8.01. The zero-order valence-corrected chi connectivity index (χ0v) is 8.51. The van der Waals surface area contributed by atoms with Crippen LogP contribution in [-0.4, -0.2) is 32.7 Å². The summed E-state index contributed by atoms with van der Waals surface area (Å²) in [6, 6.07) is 0. The molecule has 0 fully saturated rings. The molecule has 0 aromatic heterocycles. The Morgan fingerprint density at radius 1 is 1.62 bits per heavy atom. The minimum Gasteiger partial charge on any atom is -0.385 e. The number of carbonyl (C=O) groups is 1. The van der Waals surface area contributed by atoms with Gasteiger partial charge in [0.15, 0.2) is 0 Å². The molecule has 0 aliphatic rings. The number of methoxy groups -OCH3 is 1. The molecule has 1 unspecified atom stereocenters. The Morgan fingerprint density at radius 2 is 2.31 bits per heavy atom. The number of amides is 1. The van der Waals surface area contributed by atoms with Crippen molar-refractivity contribution >= 4 is 5.91 Å². The Labute approximate surface area is 79.8 Å². The molecule has 0 rings (SSSR count). The van der Waals surface area contributed by atoms with E-state index in [2.05, 4.69) is 5.32 Å². The highest BCUT2D eigenvalue weighted by atomic mass is 16.5. The molecule has 4 nitrogen and oxygen atoms in total. The van der Waals surface area contributed by atoms with E-state index in [1.165, 1.54) is 0 Å². The number of nitrogens with one attached hydrogen (secondary N) is 1. The van der Waals surface area contributed by atoms with Gasteiger partial charge in [-0.15, -0.1) is 0 Å². The van der Waals surface area contributed by atoms with Crippen LogP contribution in [0.3, 0.4) is 0 Å². The first kappa shape index (κ1) is 12.4. The number of ether oxygens (including phenoxy) is 1. The van der Waals surface area contributed by atoms with Crippen molar-refractivity contribution in [3.8, 4) is 0 Å². The Hall–Kier alpha value is -0.610. The maximum absolute atomic E-state index is 11.3. The number of hydrogen-bond donors (Lipinski definition) is 2. The lowest BCUT2D eigenvalue weighted by atomic mass is 10.1. The molecule has 0 bridgehead atoms. The molecule has 13 heavy (non-hydrogen) atoms. The summed E-state index contributed by atoms with van der Waals surface area (Å²) in [5.41, 5.74) is 5.43. The van der Waals surface area contributed by atoms with Crippen LogP contribution >= 0.6 is 0 Å². The highest BCUT2D eigenvalue weighted by molar-refractivity contribution is 5.78. The fourth-order valence-corrected chi connectivity index (χ4v) is 1.03. The van der Waals surface area contributed by atoms with Gasteiger partial charge < -0.3 is 15.8 Å². The van der Waals surface area contributed by atoms with Gasteiger partial charge in [0.05, 0.1) is 0 Å². The van der Waals surface area contributed by atoms with E-state index in [1.54, 1.807) is 7.11 Å². The van der Waals surface area contributed by atoms with Gasteiger partial charge in [-0.2, -0.15) is 0 Å². The van der Waals surface area contributed by atoms with Gasteiger partial charge in [-0.1, -0.05) is 6.92 Å². The van der Waals surface area contributed by atoms with Gasteiger partial charge in [0.2, 0.25) is 5.91 Å². The van der Waals surface area contributed by atoms with Gasteiger partial charge >= 0.3 is 0 Å². The van der Waals surface area contributed by atoms with E-state index in [0.29, 0.717) is 19.7 Å². The minimum absolute atomic E-state index is 0.0393. The summed E-state index contributed by atoms with van der Waals surface area (Å²) < 4.78 is 4.86. The van der Waals surface area contributed by atoms with Crippen LogP contribution < -0.4 is 11.1 Å². The summed E-state index contributed by atoms with van der Waals surface area (Å²) in [4.78, 5) is 11.3. The summed E-state index contributed by atoms with van der Waals surface area (Å²) in [6.07, 6.45) is 1.65. The third kappa shape index (κ3) is 5.60. The molecule has 0 radical (unpaired) electrons. The zero-order chi connectivity index (χ0) is 10.1. The molecule has 0 saturated carbocycles. The third-order valence-corrected chi connectivity index (χ3v) is 1.97. The van der Waals surface area contributed by atoms with Crippen LogP contribution in [0, 0.1) is 5.92 Å². The molecule has 0 aliphatic carbocycles. The highest BCUT2D eigenvalue weighted by Crippen LogP contribution is 1.98. The summed E-state index contributed by atoms with van der Waals surface area (Å²) in [7, 11) is 1.65. The maximum atomic E-state index is 11.3. The quantitative estimate of drug-likeness (QED) is 0.558. The minimum atomic E-state index is -0.0393. The van der Waals surface area contributed by atoms with Gasteiger partial charge in [0.1, 0.15) is 0 Å². The predicted octanol–water partition coefficient (Wildman–Crippen LogP) is 0.124. The average molecular weight is 188 g/mol. The largest absolute Gasteiger partial charge is 0.385 e. The Balaban J connectivity index is 3.48. The number of hydrogen-bond acceptors (Lipinski definition) is 3. The second-order valence-electron chi connectivity index (χ2n) is 2.98. The molecule has 0 aliphatic heterocycles. The van der Waals surface area contributed by atoms with E-state index in [0.717, 1.165) is 12.8 Å². The SMILES string of the molecule is CCC(CN)C(=O)NCCCOC. The van der Waals surface area contributed by atoms with E-state index < -0.39 is 0 Å². The van der Waals surface area contributed by atoms with Gasteiger partial charge in [0.25, 0.3) is 0 Å². The Bertz CT molecular complexity index is 136. The predicted molar refractivity (Wildman–Crippen MR) is 52.3 cm³/mol. The molecule has 78 valence electrons. The number of carbonyl (C=O) groups excluding carboxylic acids is 1. The van der Waals surface area contributed by atoms with E-state index in [4.69, 9.17) is 10.5 Å². The molecule has 0 aromatic carbocycles. The molecule has 4 heteroatoms. The monoisotopic (exact) mass is 188 g/mol. The van der Waals surface area contributed by atoms with Gasteiger partial charge in [-0.3, -0.25) is 4.79 Å². The van der Waals surface area contributed by atoms with Crippen LogP contribution in [0.1, 0.15) is 19.8 Å². The normalized spacial score (nSPS) is 12.5. The van der Waals surface area contributed by atoms with Crippen LogP contribution in [0.25, 0.3) is 0 Å². The van der Waals surface area contributed by atoms with Crippen molar-refractivity contribution in [1.82, 2.24) is 5.32 Å². The van der Waals surface area contributed by atoms with Crippen molar-refractivity contribution in [2.24, 2.45) is 11.7 Å². The van der Waals surface area contributed by atoms with Crippen molar-refractivity contribution in [3.63, 3.8) is 0 Å². The number of nitrogens with two attached hydrogens (primary N) is 1. The van der Waals surface area contributed by atoms with E-state index in [1.807, 2.05) is 6.92 Å². The smallest absolute Gasteiger partial charge is 0.224 e. The first-order valence-corrected chi connectivity index (χ1v) is 4.73. The van der Waals surface area contributed by atoms with Crippen LogP contribution in [-0.2, 0) is 9.53 Å². The van der Waals surface area contributed by atoms with Crippen molar-refractivity contribution in [2.75, 3.05) is 26.8 Å². The lowest BCUT2D eigenvalue weighted by Crippen LogP contribution is -2.35. The molecule has 3 N–H and O–H groups in total. The molecule has 1 atom stereocenters. The van der Waals surface area contributed by atoms with Crippen LogP contribution in [0.15, 0.2) is 0 Å². The molecular weight excluding hydrogens is 168 g/mol. The van der Waals surface area contributed by atoms with Gasteiger partial charge in [0, 0.05) is 32.7 Å². The molecule has 1 amide bonds. The van der Waals surface area contributed by atoms with Gasteiger partial charge in [-0.25, -0.2) is 0 Å². The summed E-state index contributed by atoms with van der Waals surface area (Å²) in [5, 5.41) is 2.82. The van der Waals surface area contributed by atoms with Crippen LogP contribution in [0.2, 0.25) is 0 Å². The van der Waals surface area contributed by atoms with Crippen molar-refractivity contribution < 1.29 is 9.53 Å². The van der Waals surface area contributed by atoms with Gasteiger partial charge in [-0.05, 0) is 12.8 Å².